The Hall–Kier alpha value is -2.01. The number of rotatable bonds is 10. The smallest absolute Gasteiger partial charge is 0.333 e. The standard InChI is InChI=1S/C19H26O5/c1-3-4-5-6-7-8-11-23-16-10-9-14(12-17(16)22-2)15-13-18(20)24-19(15)21/h9-10,12-13,19,21H,3-8,11H2,1-2H3. The molecular formula is C19H26O5. The summed E-state index contributed by atoms with van der Waals surface area (Å²) in [6.07, 6.45) is 7.32. The van der Waals surface area contributed by atoms with Gasteiger partial charge in [-0.1, -0.05) is 45.1 Å². The average molecular weight is 334 g/mol. The van der Waals surface area contributed by atoms with Crippen LogP contribution in [0.25, 0.3) is 5.57 Å². The Labute approximate surface area is 143 Å². The van der Waals surface area contributed by atoms with Crippen LogP contribution >= 0.6 is 0 Å². The van der Waals surface area contributed by atoms with Crippen molar-refractivity contribution in [2.24, 2.45) is 0 Å². The van der Waals surface area contributed by atoms with E-state index in [9.17, 15) is 9.90 Å². The second-order valence-electron chi connectivity index (χ2n) is 5.87. The van der Waals surface area contributed by atoms with Gasteiger partial charge in [-0.05, 0) is 24.1 Å². The summed E-state index contributed by atoms with van der Waals surface area (Å²) in [6.45, 7) is 2.86. The number of carbonyl (C=O) groups is 1. The maximum Gasteiger partial charge on any atom is 0.333 e. The number of benzene rings is 1. The van der Waals surface area contributed by atoms with Gasteiger partial charge in [0.2, 0.25) is 6.29 Å². The van der Waals surface area contributed by atoms with E-state index in [1.54, 1.807) is 25.3 Å². The van der Waals surface area contributed by atoms with Crippen molar-refractivity contribution in [1.82, 2.24) is 0 Å². The summed E-state index contributed by atoms with van der Waals surface area (Å²) in [4.78, 5) is 11.2. The lowest BCUT2D eigenvalue weighted by Gasteiger charge is -2.13. The van der Waals surface area contributed by atoms with E-state index in [0.29, 0.717) is 29.2 Å². The molecule has 1 unspecified atom stereocenters. The van der Waals surface area contributed by atoms with E-state index in [1.165, 1.54) is 38.2 Å². The molecule has 0 bridgehead atoms. The summed E-state index contributed by atoms with van der Waals surface area (Å²) < 4.78 is 15.9. The van der Waals surface area contributed by atoms with Crippen LogP contribution in [0.5, 0.6) is 11.5 Å². The minimum Gasteiger partial charge on any atom is -0.493 e. The summed E-state index contributed by atoms with van der Waals surface area (Å²) in [5.74, 6) is 0.695. The number of esters is 1. The van der Waals surface area contributed by atoms with E-state index in [0.717, 1.165) is 6.42 Å². The van der Waals surface area contributed by atoms with E-state index in [-0.39, 0.29) is 0 Å². The van der Waals surface area contributed by atoms with Gasteiger partial charge < -0.3 is 19.3 Å². The van der Waals surface area contributed by atoms with E-state index >= 15 is 0 Å². The van der Waals surface area contributed by atoms with Gasteiger partial charge in [0.05, 0.1) is 13.7 Å². The fraction of sp³-hybridized carbons (Fsp3) is 0.526. The normalized spacial score (nSPS) is 16.7. The average Bonchev–Trinajstić information content (AvgIpc) is 2.92. The highest BCUT2D eigenvalue weighted by molar-refractivity contribution is 5.96. The molecule has 0 saturated heterocycles. The van der Waals surface area contributed by atoms with Crippen molar-refractivity contribution in [3.8, 4) is 11.5 Å². The van der Waals surface area contributed by atoms with Crippen LogP contribution in [0.1, 0.15) is 51.0 Å². The Bertz CT molecular complexity index is 579. The molecular weight excluding hydrogens is 308 g/mol. The first-order valence-electron chi connectivity index (χ1n) is 8.57. The minimum absolute atomic E-state index is 0.431. The summed E-state index contributed by atoms with van der Waals surface area (Å²) in [7, 11) is 1.57. The Morgan fingerprint density at radius 3 is 2.54 bits per heavy atom. The van der Waals surface area contributed by atoms with Gasteiger partial charge in [-0.2, -0.15) is 0 Å². The topological polar surface area (TPSA) is 65.0 Å². The third kappa shape index (κ3) is 4.99. The number of unbranched alkanes of at least 4 members (excludes halogenated alkanes) is 5. The van der Waals surface area contributed by atoms with E-state index in [1.807, 2.05) is 0 Å². The third-order valence-corrected chi connectivity index (χ3v) is 4.02. The quantitative estimate of drug-likeness (QED) is 0.522. The van der Waals surface area contributed by atoms with E-state index < -0.39 is 12.3 Å². The highest BCUT2D eigenvalue weighted by atomic mass is 16.6. The second kappa shape index (κ2) is 9.33. The van der Waals surface area contributed by atoms with E-state index in [2.05, 4.69) is 6.92 Å². The lowest BCUT2D eigenvalue weighted by Crippen LogP contribution is -2.09. The first-order valence-corrected chi connectivity index (χ1v) is 8.57. The van der Waals surface area contributed by atoms with Gasteiger partial charge in [-0.3, -0.25) is 0 Å². The number of aliphatic hydroxyl groups is 1. The van der Waals surface area contributed by atoms with Crippen molar-refractivity contribution < 1.29 is 24.1 Å². The number of cyclic esters (lactones) is 1. The Kier molecular flexibility index (Phi) is 7.12. The van der Waals surface area contributed by atoms with Crippen LogP contribution in [0.2, 0.25) is 0 Å². The summed E-state index contributed by atoms with van der Waals surface area (Å²) in [5, 5.41) is 9.72. The van der Waals surface area contributed by atoms with Gasteiger partial charge in [0, 0.05) is 11.6 Å². The Morgan fingerprint density at radius 1 is 1.12 bits per heavy atom. The van der Waals surface area contributed by atoms with E-state index in [4.69, 9.17) is 14.2 Å². The van der Waals surface area contributed by atoms with Crippen molar-refractivity contribution in [3.63, 3.8) is 0 Å². The number of hydrogen-bond acceptors (Lipinski definition) is 5. The fourth-order valence-electron chi connectivity index (χ4n) is 2.66. The predicted octanol–water partition coefficient (Wildman–Crippen LogP) is 3.69. The van der Waals surface area contributed by atoms with Crippen molar-refractivity contribution in [1.29, 1.82) is 0 Å². The third-order valence-electron chi connectivity index (χ3n) is 4.02. The first-order chi connectivity index (χ1) is 11.7. The van der Waals surface area contributed by atoms with Gasteiger partial charge in [0.25, 0.3) is 0 Å². The van der Waals surface area contributed by atoms with Crippen molar-refractivity contribution >= 4 is 11.5 Å². The summed E-state index contributed by atoms with van der Waals surface area (Å²) in [6, 6.07) is 5.32. The molecule has 0 saturated carbocycles. The molecule has 0 spiro atoms. The fourth-order valence-corrected chi connectivity index (χ4v) is 2.66. The molecule has 1 heterocycles. The first kappa shape index (κ1) is 18.3. The zero-order chi connectivity index (χ0) is 17.4. The summed E-state index contributed by atoms with van der Waals surface area (Å²) in [5.41, 5.74) is 1.11. The molecule has 1 aromatic rings. The van der Waals surface area contributed by atoms with Crippen LogP contribution in [0, 0.1) is 0 Å². The van der Waals surface area contributed by atoms with Crippen LogP contribution in [0.4, 0.5) is 0 Å². The van der Waals surface area contributed by atoms with Gasteiger partial charge in [0.1, 0.15) is 0 Å². The van der Waals surface area contributed by atoms with Gasteiger partial charge in [-0.15, -0.1) is 0 Å². The molecule has 0 fully saturated rings. The second-order valence-corrected chi connectivity index (χ2v) is 5.87. The largest absolute Gasteiger partial charge is 0.493 e. The molecule has 0 amide bonds. The van der Waals surface area contributed by atoms with Crippen LogP contribution in [-0.4, -0.2) is 31.1 Å². The molecule has 0 aliphatic carbocycles. The molecule has 132 valence electrons. The molecule has 1 atom stereocenters. The highest BCUT2D eigenvalue weighted by Crippen LogP contribution is 2.33. The van der Waals surface area contributed by atoms with Crippen LogP contribution in [0.15, 0.2) is 24.3 Å². The van der Waals surface area contributed by atoms with Gasteiger partial charge >= 0.3 is 5.97 Å². The maximum atomic E-state index is 11.2. The van der Waals surface area contributed by atoms with Crippen molar-refractivity contribution in [3.05, 3.63) is 29.8 Å². The SMILES string of the molecule is CCCCCCCCOc1ccc(C2=CC(=O)OC2O)cc1OC. The molecule has 1 aliphatic rings. The predicted molar refractivity (Wildman–Crippen MR) is 91.9 cm³/mol. The molecule has 24 heavy (non-hydrogen) atoms. The number of methoxy groups -OCH3 is 1. The van der Waals surface area contributed by atoms with Crippen LogP contribution < -0.4 is 9.47 Å². The molecule has 2 rings (SSSR count). The Balaban J connectivity index is 1.90. The summed E-state index contributed by atoms with van der Waals surface area (Å²) >= 11 is 0. The highest BCUT2D eigenvalue weighted by Gasteiger charge is 2.25. The zero-order valence-corrected chi connectivity index (χ0v) is 14.4. The molecule has 5 heteroatoms. The molecule has 5 nitrogen and oxygen atoms in total. The van der Waals surface area contributed by atoms with Gasteiger partial charge in [-0.25, -0.2) is 4.79 Å². The molecule has 1 aliphatic heterocycles. The lowest BCUT2D eigenvalue weighted by atomic mass is 10.1. The lowest BCUT2D eigenvalue weighted by molar-refractivity contribution is -0.149. The molecule has 0 radical (unpaired) electrons. The van der Waals surface area contributed by atoms with Crippen molar-refractivity contribution in [2.75, 3.05) is 13.7 Å². The number of carbonyl (C=O) groups excluding carboxylic acids is 1. The maximum absolute atomic E-state index is 11.2. The van der Waals surface area contributed by atoms with Gasteiger partial charge in [0.15, 0.2) is 11.5 Å². The molecule has 0 aromatic heterocycles. The number of ether oxygens (including phenoxy) is 3. The van der Waals surface area contributed by atoms with Crippen LogP contribution in [-0.2, 0) is 9.53 Å². The van der Waals surface area contributed by atoms with Crippen LogP contribution in [0.3, 0.4) is 0 Å². The monoisotopic (exact) mass is 334 g/mol. The Morgan fingerprint density at radius 2 is 1.88 bits per heavy atom. The zero-order valence-electron chi connectivity index (χ0n) is 14.4. The molecule has 1 N–H and O–H groups in total. The minimum atomic E-state index is -1.22. The number of hydrogen-bond donors (Lipinski definition) is 1. The van der Waals surface area contributed by atoms with Crippen molar-refractivity contribution in [2.45, 2.75) is 51.7 Å². The molecule has 1 aromatic carbocycles. The number of aliphatic hydroxyl groups excluding tert-OH is 1.